The number of nitrogens with zero attached hydrogens (tertiary/aromatic N) is 6. The highest BCUT2D eigenvalue weighted by molar-refractivity contribution is 5.86. The van der Waals surface area contributed by atoms with Gasteiger partial charge in [0.05, 0.1) is 43.7 Å². The number of aliphatic hydroxyl groups is 2. The Kier molecular flexibility index (Phi) is 5.00. The minimum Gasteiger partial charge on any atom is -0.394 e. The number of anilines is 3. The van der Waals surface area contributed by atoms with Gasteiger partial charge in [0, 0.05) is 6.04 Å². The van der Waals surface area contributed by atoms with Gasteiger partial charge in [0.15, 0.2) is 17.0 Å². The Morgan fingerprint density at radius 3 is 2.48 bits per heavy atom. The van der Waals surface area contributed by atoms with Gasteiger partial charge in [-0.3, -0.25) is 0 Å². The number of aliphatic hydroxyl groups excluding tert-OH is 2. The van der Waals surface area contributed by atoms with Crippen molar-refractivity contribution in [3.05, 3.63) is 25.0 Å². The average molecular weight is 344 g/mol. The van der Waals surface area contributed by atoms with E-state index in [1.807, 2.05) is 18.4 Å². The Morgan fingerprint density at radius 1 is 1.12 bits per heavy atom. The summed E-state index contributed by atoms with van der Waals surface area (Å²) >= 11 is 0. The fourth-order valence-electron chi connectivity index (χ4n) is 2.28. The predicted molar refractivity (Wildman–Crippen MR) is 92.6 cm³/mol. The molecule has 25 heavy (non-hydrogen) atoms. The molecule has 0 aliphatic rings. The van der Waals surface area contributed by atoms with Crippen LogP contribution in [-0.4, -0.2) is 59.0 Å². The fraction of sp³-hybridized carbons (Fsp3) is 0.400. The van der Waals surface area contributed by atoms with Crippen LogP contribution in [0.1, 0.15) is 19.9 Å². The van der Waals surface area contributed by atoms with E-state index in [0.717, 1.165) is 0 Å². The molecule has 0 bridgehead atoms. The van der Waals surface area contributed by atoms with E-state index in [4.69, 9.17) is 0 Å². The highest BCUT2D eigenvalue weighted by Gasteiger charge is 2.17. The molecule has 4 N–H and O–H groups in total. The first-order valence-electron chi connectivity index (χ1n) is 7.87. The van der Waals surface area contributed by atoms with Crippen molar-refractivity contribution in [3.63, 3.8) is 0 Å². The molecule has 10 nitrogen and oxygen atoms in total. The average Bonchev–Trinajstić information content (AvgIpc) is 3.05. The van der Waals surface area contributed by atoms with E-state index < -0.39 is 6.04 Å². The van der Waals surface area contributed by atoms with E-state index in [-0.39, 0.29) is 25.2 Å². The second-order valence-electron chi connectivity index (χ2n) is 5.77. The molecule has 0 amide bonds. The minimum absolute atomic E-state index is 0.159. The zero-order valence-electron chi connectivity index (χ0n) is 14.0. The van der Waals surface area contributed by atoms with E-state index in [9.17, 15) is 10.2 Å². The van der Waals surface area contributed by atoms with E-state index in [1.165, 1.54) is 6.33 Å². The van der Waals surface area contributed by atoms with Crippen LogP contribution in [0.25, 0.3) is 11.2 Å². The van der Waals surface area contributed by atoms with Crippen LogP contribution in [0, 0.1) is 0 Å². The summed E-state index contributed by atoms with van der Waals surface area (Å²) in [6.07, 6.45) is 6.39. The summed E-state index contributed by atoms with van der Waals surface area (Å²) in [6.45, 7) is 3.57. The highest BCUT2D eigenvalue weighted by Crippen LogP contribution is 2.25. The van der Waals surface area contributed by atoms with Crippen molar-refractivity contribution in [1.82, 2.24) is 29.5 Å². The normalized spacial score (nSPS) is 11.4. The summed E-state index contributed by atoms with van der Waals surface area (Å²) in [5, 5.41) is 24.6. The summed E-state index contributed by atoms with van der Waals surface area (Å²) in [6, 6.07) is -0.395. The number of hydrogen-bond acceptors (Lipinski definition) is 9. The van der Waals surface area contributed by atoms with Gasteiger partial charge in [-0.2, -0.15) is 9.97 Å². The standard InChI is InChI=1S/C15H20N8O2/c1-9(2)23-8-18-12-13(19-10-3-16-7-17-4-10)21-15(22-14(12)23)20-11(5-24)6-25/h3-4,7-9,11,24-25H,5-6H2,1-2H3,(H2,19,20,21,22). The molecule has 0 fully saturated rings. The Morgan fingerprint density at radius 2 is 1.84 bits per heavy atom. The van der Waals surface area contributed by atoms with Crippen LogP contribution >= 0.6 is 0 Å². The Hall–Kier alpha value is -2.85. The largest absolute Gasteiger partial charge is 0.394 e. The third kappa shape index (κ3) is 3.64. The number of aromatic nitrogens is 6. The van der Waals surface area contributed by atoms with Gasteiger partial charge < -0.3 is 25.4 Å². The van der Waals surface area contributed by atoms with Crippen LogP contribution in [0.2, 0.25) is 0 Å². The van der Waals surface area contributed by atoms with Crippen molar-refractivity contribution >= 4 is 28.6 Å². The van der Waals surface area contributed by atoms with Gasteiger partial charge in [-0.1, -0.05) is 0 Å². The van der Waals surface area contributed by atoms with Crippen molar-refractivity contribution in [2.24, 2.45) is 0 Å². The van der Waals surface area contributed by atoms with E-state index >= 15 is 0 Å². The molecular weight excluding hydrogens is 324 g/mol. The quantitative estimate of drug-likeness (QED) is 0.488. The van der Waals surface area contributed by atoms with E-state index in [1.54, 1.807) is 18.7 Å². The summed E-state index contributed by atoms with van der Waals surface area (Å²) in [5.41, 5.74) is 1.91. The van der Waals surface area contributed by atoms with Gasteiger partial charge in [0.25, 0.3) is 0 Å². The molecule has 0 aliphatic heterocycles. The van der Waals surface area contributed by atoms with Crippen LogP contribution in [0.5, 0.6) is 0 Å². The molecule has 3 aromatic heterocycles. The number of fused-ring (bicyclic) bond motifs is 1. The Labute approximate surface area is 144 Å². The third-order valence-electron chi connectivity index (χ3n) is 3.58. The maximum atomic E-state index is 9.28. The molecule has 3 aromatic rings. The summed E-state index contributed by atoms with van der Waals surface area (Å²) in [7, 11) is 0. The first-order chi connectivity index (χ1) is 12.1. The molecular formula is C15H20N8O2. The Balaban J connectivity index is 2.06. The highest BCUT2D eigenvalue weighted by atomic mass is 16.3. The smallest absolute Gasteiger partial charge is 0.227 e. The summed E-state index contributed by atoms with van der Waals surface area (Å²) in [5.74, 6) is 0.763. The molecule has 0 atom stereocenters. The molecule has 0 spiro atoms. The number of nitrogens with one attached hydrogen (secondary N) is 2. The molecule has 3 rings (SSSR count). The van der Waals surface area contributed by atoms with Crippen LogP contribution in [0.15, 0.2) is 25.0 Å². The molecule has 132 valence electrons. The Bertz CT molecular complexity index is 832. The van der Waals surface area contributed by atoms with Gasteiger partial charge in [-0.05, 0) is 13.8 Å². The predicted octanol–water partition coefficient (Wildman–Crippen LogP) is 0.706. The maximum absolute atomic E-state index is 9.28. The van der Waals surface area contributed by atoms with Crippen LogP contribution in [0.3, 0.4) is 0 Å². The number of rotatable bonds is 7. The molecule has 0 aromatic carbocycles. The van der Waals surface area contributed by atoms with Crippen molar-refractivity contribution in [3.8, 4) is 0 Å². The number of imidazole rings is 1. The fourth-order valence-corrected chi connectivity index (χ4v) is 2.28. The van der Waals surface area contributed by atoms with Crippen LogP contribution in [-0.2, 0) is 0 Å². The van der Waals surface area contributed by atoms with Crippen molar-refractivity contribution < 1.29 is 10.2 Å². The lowest BCUT2D eigenvalue weighted by atomic mass is 10.3. The lowest BCUT2D eigenvalue weighted by molar-refractivity contribution is 0.203. The topological polar surface area (TPSA) is 134 Å². The molecule has 10 heteroatoms. The van der Waals surface area contributed by atoms with Crippen molar-refractivity contribution in [2.45, 2.75) is 25.9 Å². The SMILES string of the molecule is CC(C)n1cnc2c(Nc3cncnc3)nc(NC(CO)CO)nc21. The lowest BCUT2D eigenvalue weighted by Crippen LogP contribution is -2.28. The third-order valence-corrected chi connectivity index (χ3v) is 3.58. The molecule has 0 saturated heterocycles. The van der Waals surface area contributed by atoms with Gasteiger partial charge in [-0.25, -0.2) is 15.0 Å². The van der Waals surface area contributed by atoms with Crippen molar-refractivity contribution in [2.75, 3.05) is 23.8 Å². The zero-order chi connectivity index (χ0) is 17.8. The van der Waals surface area contributed by atoms with Crippen LogP contribution < -0.4 is 10.6 Å². The molecule has 0 aliphatic carbocycles. The molecule has 3 heterocycles. The van der Waals surface area contributed by atoms with E-state index in [0.29, 0.717) is 22.7 Å². The summed E-state index contributed by atoms with van der Waals surface area (Å²) in [4.78, 5) is 21.2. The van der Waals surface area contributed by atoms with Gasteiger partial charge >= 0.3 is 0 Å². The maximum Gasteiger partial charge on any atom is 0.227 e. The first-order valence-corrected chi connectivity index (χ1v) is 7.87. The monoisotopic (exact) mass is 344 g/mol. The van der Waals surface area contributed by atoms with Gasteiger partial charge in [-0.15, -0.1) is 0 Å². The second-order valence-corrected chi connectivity index (χ2v) is 5.77. The van der Waals surface area contributed by atoms with Gasteiger partial charge in [0.2, 0.25) is 5.95 Å². The van der Waals surface area contributed by atoms with Gasteiger partial charge in [0.1, 0.15) is 6.33 Å². The zero-order valence-corrected chi connectivity index (χ0v) is 14.0. The first kappa shape index (κ1) is 17.0. The minimum atomic E-state index is -0.555. The second kappa shape index (κ2) is 7.36. The number of hydrogen-bond donors (Lipinski definition) is 4. The summed E-state index contributed by atoms with van der Waals surface area (Å²) < 4.78 is 1.92. The molecule has 0 saturated carbocycles. The van der Waals surface area contributed by atoms with Crippen molar-refractivity contribution in [1.29, 1.82) is 0 Å². The van der Waals surface area contributed by atoms with E-state index in [2.05, 4.69) is 35.6 Å². The molecule has 0 unspecified atom stereocenters. The lowest BCUT2D eigenvalue weighted by Gasteiger charge is -2.15. The molecule has 0 radical (unpaired) electrons. The van der Waals surface area contributed by atoms with Crippen LogP contribution in [0.4, 0.5) is 17.5 Å².